The van der Waals surface area contributed by atoms with E-state index < -0.39 is 6.09 Å². The number of rotatable bonds is 1. The Bertz CT molecular complexity index is 398. The summed E-state index contributed by atoms with van der Waals surface area (Å²) in [5, 5.41) is 10.8. The SMILES string of the molecule is O=C(O)NC1=Cc2ccccc2OC1. The number of para-hydroxylation sites is 1. The average Bonchev–Trinajstić information content (AvgIpc) is 2.17. The van der Waals surface area contributed by atoms with Crippen LogP contribution in [0.25, 0.3) is 6.08 Å². The highest BCUT2D eigenvalue weighted by Crippen LogP contribution is 2.24. The van der Waals surface area contributed by atoms with Gasteiger partial charge in [-0.1, -0.05) is 18.2 Å². The summed E-state index contributed by atoms with van der Waals surface area (Å²) >= 11 is 0. The van der Waals surface area contributed by atoms with Crippen LogP contribution in [0.1, 0.15) is 5.56 Å². The summed E-state index contributed by atoms with van der Waals surface area (Å²) in [6.07, 6.45) is 0.701. The van der Waals surface area contributed by atoms with E-state index in [-0.39, 0.29) is 6.61 Å². The lowest BCUT2D eigenvalue weighted by molar-refractivity contribution is 0.195. The fourth-order valence-electron chi connectivity index (χ4n) is 1.33. The van der Waals surface area contributed by atoms with Crippen LogP contribution in [0.4, 0.5) is 4.79 Å². The number of benzene rings is 1. The van der Waals surface area contributed by atoms with Crippen LogP contribution >= 0.6 is 0 Å². The van der Waals surface area contributed by atoms with Crippen molar-refractivity contribution < 1.29 is 14.6 Å². The van der Waals surface area contributed by atoms with Gasteiger partial charge in [0.1, 0.15) is 12.4 Å². The van der Waals surface area contributed by atoms with E-state index in [2.05, 4.69) is 5.32 Å². The van der Waals surface area contributed by atoms with Gasteiger partial charge in [-0.05, 0) is 12.1 Å². The zero-order valence-electron chi connectivity index (χ0n) is 7.36. The van der Waals surface area contributed by atoms with Crippen molar-refractivity contribution >= 4 is 12.2 Å². The Kier molecular flexibility index (Phi) is 2.10. The normalized spacial score (nSPS) is 13.6. The van der Waals surface area contributed by atoms with Crippen molar-refractivity contribution in [2.75, 3.05) is 6.61 Å². The molecule has 0 aliphatic carbocycles. The second-order valence-electron chi connectivity index (χ2n) is 2.93. The number of hydrogen-bond donors (Lipinski definition) is 2. The Balaban J connectivity index is 2.26. The van der Waals surface area contributed by atoms with Gasteiger partial charge in [-0.3, -0.25) is 5.32 Å². The molecule has 1 aromatic rings. The van der Waals surface area contributed by atoms with Gasteiger partial charge in [-0.15, -0.1) is 0 Å². The molecule has 4 heteroatoms. The Hall–Kier alpha value is -1.97. The maximum Gasteiger partial charge on any atom is 0.409 e. The summed E-state index contributed by atoms with van der Waals surface area (Å²) in [7, 11) is 0. The maximum absolute atomic E-state index is 10.4. The quantitative estimate of drug-likeness (QED) is 0.710. The van der Waals surface area contributed by atoms with E-state index in [4.69, 9.17) is 9.84 Å². The summed E-state index contributed by atoms with van der Waals surface area (Å²) in [6.45, 7) is 0.267. The second-order valence-corrected chi connectivity index (χ2v) is 2.93. The summed E-state index contributed by atoms with van der Waals surface area (Å²) in [5.74, 6) is 0.781. The van der Waals surface area contributed by atoms with Crippen molar-refractivity contribution in [3.63, 3.8) is 0 Å². The minimum atomic E-state index is -1.07. The van der Waals surface area contributed by atoms with E-state index in [1.165, 1.54) is 0 Å². The number of nitrogens with one attached hydrogen (secondary N) is 1. The van der Waals surface area contributed by atoms with Crippen LogP contribution in [-0.4, -0.2) is 17.8 Å². The van der Waals surface area contributed by atoms with Gasteiger partial charge in [0.15, 0.2) is 0 Å². The summed E-state index contributed by atoms with van der Waals surface area (Å²) in [4.78, 5) is 10.4. The smallest absolute Gasteiger partial charge is 0.409 e. The third-order valence-electron chi connectivity index (χ3n) is 1.90. The molecule has 0 fully saturated rings. The molecule has 72 valence electrons. The van der Waals surface area contributed by atoms with Crippen molar-refractivity contribution in [3.8, 4) is 5.75 Å². The van der Waals surface area contributed by atoms with E-state index in [0.29, 0.717) is 5.70 Å². The summed E-state index contributed by atoms with van der Waals surface area (Å²) in [6, 6.07) is 7.48. The fraction of sp³-hybridized carbons (Fsp3) is 0.100. The largest absolute Gasteiger partial charge is 0.487 e. The van der Waals surface area contributed by atoms with Gasteiger partial charge in [-0.2, -0.15) is 0 Å². The highest BCUT2D eigenvalue weighted by atomic mass is 16.5. The lowest BCUT2D eigenvalue weighted by Crippen LogP contribution is -2.25. The first-order valence-electron chi connectivity index (χ1n) is 4.18. The lowest BCUT2D eigenvalue weighted by Gasteiger charge is -2.17. The fourth-order valence-corrected chi connectivity index (χ4v) is 1.33. The van der Waals surface area contributed by atoms with Gasteiger partial charge in [0, 0.05) is 5.56 Å². The Morgan fingerprint density at radius 1 is 1.43 bits per heavy atom. The first-order chi connectivity index (χ1) is 6.75. The van der Waals surface area contributed by atoms with Crippen LogP contribution in [-0.2, 0) is 0 Å². The molecular formula is C10H9NO3. The number of fused-ring (bicyclic) bond motifs is 1. The summed E-state index contributed by atoms with van der Waals surface area (Å²) in [5.41, 5.74) is 1.44. The molecule has 1 aliphatic rings. The zero-order valence-corrected chi connectivity index (χ0v) is 7.36. The van der Waals surface area contributed by atoms with Gasteiger partial charge < -0.3 is 9.84 Å². The lowest BCUT2D eigenvalue weighted by atomic mass is 10.1. The molecule has 1 heterocycles. The molecular weight excluding hydrogens is 182 g/mol. The monoisotopic (exact) mass is 191 g/mol. The zero-order chi connectivity index (χ0) is 9.97. The van der Waals surface area contributed by atoms with E-state index in [1.807, 2.05) is 24.3 Å². The minimum Gasteiger partial charge on any atom is -0.487 e. The van der Waals surface area contributed by atoms with Crippen LogP contribution in [0.15, 0.2) is 30.0 Å². The number of hydrogen-bond acceptors (Lipinski definition) is 2. The van der Waals surface area contributed by atoms with Gasteiger partial charge >= 0.3 is 6.09 Å². The maximum atomic E-state index is 10.4. The average molecular weight is 191 g/mol. The molecule has 1 aliphatic heterocycles. The second kappa shape index (κ2) is 3.41. The van der Waals surface area contributed by atoms with Gasteiger partial charge in [0.25, 0.3) is 0 Å². The number of carbonyl (C=O) groups is 1. The van der Waals surface area contributed by atoms with Crippen LogP contribution in [0.2, 0.25) is 0 Å². The minimum absolute atomic E-state index is 0.267. The standard InChI is InChI=1S/C10H9NO3/c12-10(13)11-8-5-7-3-1-2-4-9(7)14-6-8/h1-5,11H,6H2,(H,12,13). The van der Waals surface area contributed by atoms with E-state index in [0.717, 1.165) is 11.3 Å². The molecule has 0 radical (unpaired) electrons. The highest BCUT2D eigenvalue weighted by molar-refractivity contribution is 5.71. The predicted molar refractivity (Wildman–Crippen MR) is 51.1 cm³/mol. The van der Waals surface area contributed by atoms with E-state index in [9.17, 15) is 4.79 Å². The van der Waals surface area contributed by atoms with Crippen molar-refractivity contribution in [1.29, 1.82) is 0 Å². The molecule has 0 spiro atoms. The molecule has 1 amide bonds. The Morgan fingerprint density at radius 3 is 3.00 bits per heavy atom. The van der Waals surface area contributed by atoms with Gasteiger partial charge in [0.05, 0.1) is 5.70 Å². The van der Waals surface area contributed by atoms with Crippen molar-refractivity contribution in [2.45, 2.75) is 0 Å². The molecule has 0 aromatic heterocycles. The molecule has 0 bridgehead atoms. The molecule has 1 aromatic carbocycles. The van der Waals surface area contributed by atoms with Crippen LogP contribution in [0.5, 0.6) is 5.75 Å². The molecule has 0 unspecified atom stereocenters. The first-order valence-corrected chi connectivity index (χ1v) is 4.18. The van der Waals surface area contributed by atoms with Crippen molar-refractivity contribution in [1.82, 2.24) is 5.32 Å². The number of ether oxygens (including phenoxy) is 1. The van der Waals surface area contributed by atoms with Gasteiger partial charge in [-0.25, -0.2) is 4.79 Å². The molecule has 14 heavy (non-hydrogen) atoms. The first kappa shape index (κ1) is 8.62. The van der Waals surface area contributed by atoms with E-state index >= 15 is 0 Å². The highest BCUT2D eigenvalue weighted by Gasteiger charge is 2.11. The number of carboxylic acid groups (broad SMARTS) is 1. The third kappa shape index (κ3) is 1.69. The summed E-state index contributed by atoms with van der Waals surface area (Å²) < 4.78 is 5.34. The Morgan fingerprint density at radius 2 is 2.21 bits per heavy atom. The molecule has 0 saturated heterocycles. The molecule has 2 rings (SSSR count). The third-order valence-corrected chi connectivity index (χ3v) is 1.90. The van der Waals surface area contributed by atoms with Crippen LogP contribution in [0, 0.1) is 0 Å². The predicted octanol–water partition coefficient (Wildman–Crippen LogP) is 1.69. The molecule has 4 nitrogen and oxygen atoms in total. The van der Waals surface area contributed by atoms with Crippen LogP contribution < -0.4 is 10.1 Å². The molecule has 2 N–H and O–H groups in total. The van der Waals surface area contributed by atoms with E-state index in [1.54, 1.807) is 6.08 Å². The van der Waals surface area contributed by atoms with Crippen molar-refractivity contribution in [2.24, 2.45) is 0 Å². The van der Waals surface area contributed by atoms with Crippen LogP contribution in [0.3, 0.4) is 0 Å². The van der Waals surface area contributed by atoms with Gasteiger partial charge in [0.2, 0.25) is 0 Å². The topological polar surface area (TPSA) is 58.6 Å². The van der Waals surface area contributed by atoms with Crippen molar-refractivity contribution in [3.05, 3.63) is 35.5 Å². The number of amides is 1. The Labute approximate surface area is 80.8 Å². The molecule has 0 saturated carbocycles. The molecule has 0 atom stereocenters.